The minimum Gasteiger partial charge on any atom is -0.465 e. The highest BCUT2D eigenvalue weighted by atomic mass is 16.6. The number of carbonyl (C=O) groups is 3. The zero-order valence-electron chi connectivity index (χ0n) is 19.6. The lowest BCUT2D eigenvalue weighted by Crippen LogP contribution is -2.40. The van der Waals surface area contributed by atoms with Gasteiger partial charge in [0.1, 0.15) is 11.2 Å². The van der Waals surface area contributed by atoms with Crippen molar-refractivity contribution in [1.82, 2.24) is 14.8 Å². The third-order valence-electron chi connectivity index (χ3n) is 5.33. The summed E-state index contributed by atoms with van der Waals surface area (Å²) >= 11 is 0. The summed E-state index contributed by atoms with van der Waals surface area (Å²) in [6.07, 6.45) is 1.63. The topological polar surface area (TPSA) is 107 Å². The number of hydrogen-bond acceptors (Lipinski definition) is 6. The first-order valence-electron chi connectivity index (χ1n) is 10.7. The van der Waals surface area contributed by atoms with Gasteiger partial charge in [-0.15, -0.1) is 0 Å². The molecule has 1 aromatic heterocycles. The SMILES string of the molecule is CNC(=O)c1cc(C(=O)OC)cn(Cc2cccc3c2CCN(C(=O)OC(C)(C)C)C3)c1=O. The highest BCUT2D eigenvalue weighted by Crippen LogP contribution is 2.25. The Morgan fingerprint density at radius 2 is 1.91 bits per heavy atom. The molecule has 1 aliphatic rings. The van der Waals surface area contributed by atoms with E-state index < -0.39 is 23.0 Å². The second-order valence-corrected chi connectivity index (χ2v) is 8.85. The quantitative estimate of drug-likeness (QED) is 0.710. The van der Waals surface area contributed by atoms with E-state index in [1.807, 2.05) is 39.0 Å². The van der Waals surface area contributed by atoms with Crippen molar-refractivity contribution in [1.29, 1.82) is 0 Å². The Balaban J connectivity index is 1.94. The molecule has 9 heteroatoms. The first-order valence-corrected chi connectivity index (χ1v) is 10.7. The van der Waals surface area contributed by atoms with Crippen LogP contribution in [0.2, 0.25) is 0 Å². The Kier molecular flexibility index (Phi) is 6.90. The van der Waals surface area contributed by atoms with Crippen LogP contribution in [-0.2, 0) is 29.0 Å². The van der Waals surface area contributed by atoms with Gasteiger partial charge in [0.2, 0.25) is 0 Å². The van der Waals surface area contributed by atoms with Crippen molar-refractivity contribution in [3.63, 3.8) is 0 Å². The molecule has 0 atom stereocenters. The fourth-order valence-corrected chi connectivity index (χ4v) is 3.78. The highest BCUT2D eigenvalue weighted by Gasteiger charge is 2.27. The Morgan fingerprint density at radius 1 is 1.18 bits per heavy atom. The Labute approximate surface area is 192 Å². The van der Waals surface area contributed by atoms with E-state index in [1.165, 1.54) is 31.0 Å². The van der Waals surface area contributed by atoms with E-state index in [9.17, 15) is 19.2 Å². The van der Waals surface area contributed by atoms with Crippen LogP contribution in [0.15, 0.2) is 35.3 Å². The zero-order valence-corrected chi connectivity index (χ0v) is 19.6. The molecule has 2 heterocycles. The van der Waals surface area contributed by atoms with Gasteiger partial charge in [0.05, 0.1) is 19.2 Å². The number of carbonyl (C=O) groups excluding carboxylic acids is 3. The van der Waals surface area contributed by atoms with E-state index >= 15 is 0 Å². The number of methoxy groups -OCH3 is 1. The van der Waals surface area contributed by atoms with E-state index in [0.29, 0.717) is 19.5 Å². The van der Waals surface area contributed by atoms with E-state index in [4.69, 9.17) is 9.47 Å². The second-order valence-electron chi connectivity index (χ2n) is 8.85. The van der Waals surface area contributed by atoms with Gasteiger partial charge in [-0.2, -0.15) is 0 Å². The maximum Gasteiger partial charge on any atom is 0.410 e. The van der Waals surface area contributed by atoms with Gasteiger partial charge in [-0.3, -0.25) is 9.59 Å². The molecule has 0 spiro atoms. The summed E-state index contributed by atoms with van der Waals surface area (Å²) in [6.45, 7) is 6.54. The summed E-state index contributed by atoms with van der Waals surface area (Å²) in [6, 6.07) is 6.95. The number of hydrogen-bond donors (Lipinski definition) is 1. The standard InChI is InChI=1S/C24H29N3O6/c1-24(2,3)33-23(31)26-10-9-18-15(12-26)7-6-8-16(18)13-27-14-17(22(30)32-5)11-19(21(27)29)20(28)25-4/h6-8,11,14H,9-10,12-13H2,1-5H3,(H,25,28). The largest absolute Gasteiger partial charge is 0.465 e. The lowest BCUT2D eigenvalue weighted by Gasteiger charge is -2.32. The molecular weight excluding hydrogens is 426 g/mol. The zero-order chi connectivity index (χ0) is 24.3. The van der Waals surface area contributed by atoms with Crippen LogP contribution in [0.5, 0.6) is 0 Å². The molecule has 2 aromatic rings. The van der Waals surface area contributed by atoms with Gasteiger partial charge in [0, 0.05) is 26.3 Å². The molecule has 0 unspecified atom stereocenters. The minimum atomic E-state index is -0.642. The normalized spacial score (nSPS) is 13.2. The van der Waals surface area contributed by atoms with Crippen molar-refractivity contribution < 1.29 is 23.9 Å². The predicted octanol–water partition coefficient (Wildman–Crippen LogP) is 2.34. The van der Waals surface area contributed by atoms with Crippen molar-refractivity contribution >= 4 is 18.0 Å². The van der Waals surface area contributed by atoms with E-state index in [1.54, 1.807) is 4.90 Å². The number of amides is 2. The Bertz CT molecular complexity index is 1150. The Morgan fingerprint density at radius 3 is 2.55 bits per heavy atom. The molecule has 9 nitrogen and oxygen atoms in total. The van der Waals surface area contributed by atoms with Crippen molar-refractivity contribution in [2.24, 2.45) is 0 Å². The lowest BCUT2D eigenvalue weighted by atomic mass is 9.94. The highest BCUT2D eigenvalue weighted by molar-refractivity contribution is 5.97. The van der Waals surface area contributed by atoms with Crippen LogP contribution in [-0.4, -0.2) is 53.7 Å². The molecule has 176 valence electrons. The number of aromatic nitrogens is 1. The molecule has 33 heavy (non-hydrogen) atoms. The third kappa shape index (κ3) is 5.42. The summed E-state index contributed by atoms with van der Waals surface area (Å²) < 4.78 is 11.6. The van der Waals surface area contributed by atoms with Crippen LogP contribution in [0, 0.1) is 0 Å². The fourth-order valence-electron chi connectivity index (χ4n) is 3.78. The van der Waals surface area contributed by atoms with Crippen molar-refractivity contribution in [3.05, 3.63) is 68.6 Å². The average molecular weight is 456 g/mol. The summed E-state index contributed by atoms with van der Waals surface area (Å²) in [7, 11) is 2.66. The maximum atomic E-state index is 13.0. The molecule has 0 radical (unpaired) electrons. The first kappa shape index (κ1) is 24.0. The van der Waals surface area contributed by atoms with Crippen LogP contribution in [0.4, 0.5) is 4.79 Å². The molecule has 1 aliphatic heterocycles. The lowest BCUT2D eigenvalue weighted by molar-refractivity contribution is 0.0223. The minimum absolute atomic E-state index is 0.108. The molecule has 0 saturated heterocycles. The fraction of sp³-hybridized carbons (Fsp3) is 0.417. The number of pyridine rings is 1. The molecule has 3 rings (SSSR count). The van der Waals surface area contributed by atoms with Gasteiger partial charge in [0.25, 0.3) is 11.5 Å². The molecule has 1 N–H and O–H groups in total. The first-order chi connectivity index (χ1) is 15.5. The molecule has 0 bridgehead atoms. The second kappa shape index (κ2) is 9.48. The van der Waals surface area contributed by atoms with E-state index in [-0.39, 0.29) is 23.8 Å². The average Bonchev–Trinajstić information content (AvgIpc) is 2.78. The van der Waals surface area contributed by atoms with Crippen LogP contribution in [0.1, 0.15) is 58.2 Å². The number of nitrogens with one attached hydrogen (secondary N) is 1. The third-order valence-corrected chi connectivity index (χ3v) is 5.33. The van der Waals surface area contributed by atoms with Crippen LogP contribution in [0.25, 0.3) is 0 Å². The summed E-state index contributed by atoms with van der Waals surface area (Å²) in [4.78, 5) is 51.4. The summed E-state index contributed by atoms with van der Waals surface area (Å²) in [5.41, 5.74) is 1.77. The number of ether oxygens (including phenoxy) is 2. The van der Waals surface area contributed by atoms with Crippen molar-refractivity contribution in [3.8, 4) is 0 Å². The summed E-state index contributed by atoms with van der Waals surface area (Å²) in [5.74, 6) is -1.22. The van der Waals surface area contributed by atoms with Crippen molar-refractivity contribution in [2.45, 2.75) is 45.9 Å². The van der Waals surface area contributed by atoms with Crippen LogP contribution < -0.4 is 10.9 Å². The van der Waals surface area contributed by atoms with Gasteiger partial charge in [0.15, 0.2) is 0 Å². The number of rotatable bonds is 4. The monoisotopic (exact) mass is 455 g/mol. The number of nitrogens with zero attached hydrogens (tertiary/aromatic N) is 2. The molecule has 0 aliphatic carbocycles. The number of fused-ring (bicyclic) bond motifs is 1. The van der Waals surface area contributed by atoms with Gasteiger partial charge >= 0.3 is 12.1 Å². The van der Waals surface area contributed by atoms with Crippen LogP contribution in [0.3, 0.4) is 0 Å². The van der Waals surface area contributed by atoms with Gasteiger partial charge in [-0.1, -0.05) is 18.2 Å². The Hall–Kier alpha value is -3.62. The van der Waals surface area contributed by atoms with Crippen LogP contribution >= 0.6 is 0 Å². The maximum absolute atomic E-state index is 13.0. The number of benzene rings is 1. The van der Waals surface area contributed by atoms with Gasteiger partial charge in [-0.25, -0.2) is 9.59 Å². The molecule has 0 saturated carbocycles. The molecule has 2 amide bonds. The van der Waals surface area contributed by atoms with E-state index in [2.05, 4.69) is 5.32 Å². The van der Waals surface area contributed by atoms with Crippen molar-refractivity contribution in [2.75, 3.05) is 20.7 Å². The molecule has 0 fully saturated rings. The smallest absolute Gasteiger partial charge is 0.410 e. The van der Waals surface area contributed by atoms with E-state index in [0.717, 1.165) is 16.7 Å². The molecule has 1 aromatic carbocycles. The van der Waals surface area contributed by atoms with Gasteiger partial charge < -0.3 is 24.3 Å². The predicted molar refractivity (Wildman–Crippen MR) is 121 cm³/mol. The summed E-state index contributed by atoms with van der Waals surface area (Å²) in [5, 5.41) is 2.43. The molecular formula is C24H29N3O6. The number of esters is 1. The van der Waals surface area contributed by atoms with Gasteiger partial charge in [-0.05, 0) is 49.9 Å².